The van der Waals surface area contributed by atoms with Crippen molar-refractivity contribution in [1.29, 1.82) is 0 Å². The van der Waals surface area contributed by atoms with Crippen LogP contribution >= 0.6 is 0 Å². The van der Waals surface area contributed by atoms with E-state index in [0.29, 0.717) is 18.5 Å². The normalized spacial score (nSPS) is 30.4. The molecule has 0 heterocycles. The highest BCUT2D eigenvalue weighted by molar-refractivity contribution is 5.77. The summed E-state index contributed by atoms with van der Waals surface area (Å²) >= 11 is 0. The van der Waals surface area contributed by atoms with Gasteiger partial charge in [0, 0.05) is 13.1 Å². The van der Waals surface area contributed by atoms with Crippen molar-refractivity contribution in [2.24, 2.45) is 17.6 Å². The lowest BCUT2D eigenvalue weighted by molar-refractivity contribution is -0.122. The zero-order valence-corrected chi connectivity index (χ0v) is 10.7. The van der Waals surface area contributed by atoms with E-state index in [2.05, 4.69) is 17.1 Å². The first-order valence-corrected chi connectivity index (χ1v) is 6.19. The molecule has 0 aromatic heterocycles. The Morgan fingerprint density at radius 2 is 2.19 bits per heavy atom. The van der Waals surface area contributed by atoms with Gasteiger partial charge in [-0.25, -0.2) is 0 Å². The number of carbonyl (C=O) groups is 1. The van der Waals surface area contributed by atoms with E-state index in [9.17, 15) is 4.79 Å². The second kappa shape index (κ2) is 6.21. The Kier molecular flexibility index (Phi) is 5.22. The Hall–Kier alpha value is -0.610. The third-order valence-corrected chi connectivity index (χ3v) is 3.76. The molecule has 94 valence electrons. The van der Waals surface area contributed by atoms with E-state index in [1.807, 2.05) is 7.05 Å². The maximum absolute atomic E-state index is 11.4. The lowest BCUT2D eigenvalue weighted by Gasteiger charge is -2.39. The molecular formula is C12H25N3O. The Balaban J connectivity index is 2.55. The first-order chi connectivity index (χ1) is 7.58. The van der Waals surface area contributed by atoms with E-state index in [4.69, 9.17) is 5.73 Å². The SMILES string of the molecule is CNC(=O)CN(C)C1CC(C)CCC1CN. The smallest absolute Gasteiger partial charge is 0.233 e. The molecule has 0 radical (unpaired) electrons. The fraction of sp³-hybridized carbons (Fsp3) is 0.917. The molecule has 4 nitrogen and oxygen atoms in total. The van der Waals surface area contributed by atoms with E-state index < -0.39 is 0 Å². The van der Waals surface area contributed by atoms with Crippen molar-refractivity contribution in [2.75, 3.05) is 27.2 Å². The molecule has 3 unspecified atom stereocenters. The maximum atomic E-state index is 11.4. The minimum atomic E-state index is 0.0801. The summed E-state index contributed by atoms with van der Waals surface area (Å²) in [4.78, 5) is 13.5. The summed E-state index contributed by atoms with van der Waals surface area (Å²) in [5, 5.41) is 2.67. The van der Waals surface area contributed by atoms with E-state index >= 15 is 0 Å². The van der Waals surface area contributed by atoms with Crippen LogP contribution in [-0.2, 0) is 4.79 Å². The van der Waals surface area contributed by atoms with Gasteiger partial charge in [-0.3, -0.25) is 9.69 Å². The molecule has 1 aliphatic rings. The molecule has 1 amide bonds. The van der Waals surface area contributed by atoms with Crippen molar-refractivity contribution in [3.8, 4) is 0 Å². The second-order valence-corrected chi connectivity index (χ2v) is 5.07. The quantitative estimate of drug-likeness (QED) is 0.732. The van der Waals surface area contributed by atoms with Gasteiger partial charge in [-0.05, 0) is 38.3 Å². The molecule has 0 bridgehead atoms. The van der Waals surface area contributed by atoms with Gasteiger partial charge >= 0.3 is 0 Å². The van der Waals surface area contributed by atoms with Crippen LogP contribution in [0.15, 0.2) is 0 Å². The second-order valence-electron chi connectivity index (χ2n) is 5.07. The molecule has 0 spiro atoms. The number of amides is 1. The molecule has 1 fully saturated rings. The minimum Gasteiger partial charge on any atom is -0.358 e. The number of nitrogens with one attached hydrogen (secondary N) is 1. The number of nitrogens with zero attached hydrogens (tertiary/aromatic N) is 1. The van der Waals surface area contributed by atoms with Gasteiger partial charge in [-0.1, -0.05) is 13.3 Å². The Morgan fingerprint density at radius 3 is 2.75 bits per heavy atom. The molecule has 4 heteroatoms. The molecule has 1 saturated carbocycles. The predicted molar refractivity (Wildman–Crippen MR) is 66.0 cm³/mol. The topological polar surface area (TPSA) is 58.4 Å². The lowest BCUT2D eigenvalue weighted by atomic mass is 9.78. The van der Waals surface area contributed by atoms with Crippen LogP contribution in [0, 0.1) is 11.8 Å². The number of rotatable bonds is 4. The van der Waals surface area contributed by atoms with Crippen LogP contribution in [0.1, 0.15) is 26.2 Å². The summed E-state index contributed by atoms with van der Waals surface area (Å²) in [6.07, 6.45) is 3.63. The fourth-order valence-corrected chi connectivity index (χ4v) is 2.65. The van der Waals surface area contributed by atoms with Gasteiger partial charge in [0.05, 0.1) is 6.54 Å². The van der Waals surface area contributed by atoms with Gasteiger partial charge in [0.1, 0.15) is 0 Å². The highest BCUT2D eigenvalue weighted by atomic mass is 16.1. The third-order valence-electron chi connectivity index (χ3n) is 3.76. The number of hydrogen-bond donors (Lipinski definition) is 2. The molecule has 1 rings (SSSR count). The monoisotopic (exact) mass is 227 g/mol. The van der Waals surface area contributed by atoms with Crippen molar-refractivity contribution >= 4 is 5.91 Å². The lowest BCUT2D eigenvalue weighted by Crippen LogP contribution is -2.47. The Labute approximate surface area is 98.6 Å². The summed E-state index contributed by atoms with van der Waals surface area (Å²) in [6.45, 7) is 3.49. The molecule has 3 N–H and O–H groups in total. The number of nitrogens with two attached hydrogens (primary N) is 1. The summed E-state index contributed by atoms with van der Waals surface area (Å²) in [6, 6.07) is 0.464. The first-order valence-electron chi connectivity index (χ1n) is 6.19. The standard InChI is InChI=1S/C12H25N3O/c1-9-4-5-10(7-13)11(6-9)15(3)8-12(16)14-2/h9-11H,4-8,13H2,1-3H3,(H,14,16). The van der Waals surface area contributed by atoms with Crippen molar-refractivity contribution in [3.63, 3.8) is 0 Å². The van der Waals surface area contributed by atoms with Crippen molar-refractivity contribution in [3.05, 3.63) is 0 Å². The summed E-state index contributed by atoms with van der Waals surface area (Å²) in [7, 11) is 3.71. The average molecular weight is 227 g/mol. The van der Waals surface area contributed by atoms with Crippen LogP contribution in [0.5, 0.6) is 0 Å². The molecule has 0 saturated heterocycles. The molecule has 0 aromatic carbocycles. The minimum absolute atomic E-state index is 0.0801. The zero-order valence-electron chi connectivity index (χ0n) is 10.7. The highest BCUT2D eigenvalue weighted by Crippen LogP contribution is 2.30. The van der Waals surface area contributed by atoms with Gasteiger partial charge in [-0.2, -0.15) is 0 Å². The van der Waals surface area contributed by atoms with Crippen molar-refractivity contribution in [2.45, 2.75) is 32.2 Å². The van der Waals surface area contributed by atoms with Gasteiger partial charge in [0.25, 0.3) is 0 Å². The van der Waals surface area contributed by atoms with Crippen molar-refractivity contribution in [1.82, 2.24) is 10.2 Å². The van der Waals surface area contributed by atoms with Crippen LogP contribution in [0.2, 0.25) is 0 Å². The van der Waals surface area contributed by atoms with Crippen LogP contribution in [0.25, 0.3) is 0 Å². The third kappa shape index (κ3) is 3.46. The summed E-state index contributed by atoms with van der Waals surface area (Å²) in [5.41, 5.74) is 5.81. The van der Waals surface area contributed by atoms with Gasteiger partial charge in [0.2, 0.25) is 5.91 Å². The zero-order chi connectivity index (χ0) is 12.1. The number of carbonyl (C=O) groups excluding carboxylic acids is 1. The Morgan fingerprint density at radius 1 is 1.50 bits per heavy atom. The molecular weight excluding hydrogens is 202 g/mol. The number of likely N-dealkylation sites (N-methyl/N-ethyl adjacent to an activating group) is 2. The van der Waals surface area contributed by atoms with Crippen molar-refractivity contribution < 1.29 is 4.79 Å². The van der Waals surface area contributed by atoms with Crippen LogP contribution in [-0.4, -0.2) is 44.0 Å². The molecule has 16 heavy (non-hydrogen) atoms. The van der Waals surface area contributed by atoms with E-state index in [-0.39, 0.29) is 5.91 Å². The summed E-state index contributed by atoms with van der Waals surface area (Å²) in [5.74, 6) is 1.38. The fourth-order valence-electron chi connectivity index (χ4n) is 2.65. The molecule has 0 aliphatic heterocycles. The summed E-state index contributed by atoms with van der Waals surface area (Å²) < 4.78 is 0. The average Bonchev–Trinajstić information content (AvgIpc) is 2.28. The Bertz CT molecular complexity index is 232. The molecule has 0 aromatic rings. The van der Waals surface area contributed by atoms with E-state index in [1.54, 1.807) is 7.05 Å². The molecule has 3 atom stereocenters. The van der Waals surface area contributed by atoms with Crippen LogP contribution in [0.3, 0.4) is 0 Å². The van der Waals surface area contributed by atoms with E-state index in [0.717, 1.165) is 18.9 Å². The molecule has 1 aliphatic carbocycles. The van der Waals surface area contributed by atoms with E-state index in [1.165, 1.54) is 12.8 Å². The van der Waals surface area contributed by atoms with Crippen LogP contribution < -0.4 is 11.1 Å². The van der Waals surface area contributed by atoms with Gasteiger partial charge in [-0.15, -0.1) is 0 Å². The maximum Gasteiger partial charge on any atom is 0.233 e. The van der Waals surface area contributed by atoms with Crippen LogP contribution in [0.4, 0.5) is 0 Å². The number of hydrogen-bond acceptors (Lipinski definition) is 3. The highest BCUT2D eigenvalue weighted by Gasteiger charge is 2.30. The largest absolute Gasteiger partial charge is 0.358 e. The van der Waals surface area contributed by atoms with Gasteiger partial charge < -0.3 is 11.1 Å². The van der Waals surface area contributed by atoms with Gasteiger partial charge in [0.15, 0.2) is 0 Å². The predicted octanol–water partition coefficient (Wildman–Crippen LogP) is 0.428. The first kappa shape index (κ1) is 13.5.